The van der Waals surface area contributed by atoms with Gasteiger partial charge in [-0.15, -0.1) is 0 Å². The van der Waals surface area contributed by atoms with Gasteiger partial charge in [0.15, 0.2) is 0 Å². The zero-order valence-corrected chi connectivity index (χ0v) is 24.9. The average Bonchev–Trinajstić information content (AvgIpc) is 3.65. The minimum absolute atomic E-state index is 0.113. The molecule has 1 aromatic heterocycles. The Balaban J connectivity index is 1.08. The Labute approximate surface area is 247 Å². The number of nitrogens with zero attached hydrogens (tertiary/aromatic N) is 5. The second-order valence-electron chi connectivity index (χ2n) is 11.9. The van der Waals surface area contributed by atoms with Gasteiger partial charge in [0.05, 0.1) is 24.1 Å². The molecule has 2 aliphatic heterocycles. The lowest BCUT2D eigenvalue weighted by Crippen LogP contribution is -2.61. The SMILES string of the molecule is CCOC(=O)c1cc(Cl)ccc1CN1CCC(N2CCN(c3ncc(C(=O)NC4CC4)nc3C)[C@@H]3CCC[C@@H]32)CC1. The molecule has 2 saturated carbocycles. The summed E-state index contributed by atoms with van der Waals surface area (Å²) in [5.74, 6) is 0.513. The Morgan fingerprint density at radius 1 is 1.05 bits per heavy atom. The number of hydrogen-bond acceptors (Lipinski definition) is 8. The van der Waals surface area contributed by atoms with Crippen molar-refractivity contribution >= 4 is 29.3 Å². The molecule has 41 heavy (non-hydrogen) atoms. The van der Waals surface area contributed by atoms with Crippen LogP contribution in [-0.4, -0.2) is 88.6 Å². The number of fused-ring (bicyclic) bond motifs is 1. The first-order valence-electron chi connectivity index (χ1n) is 15.3. The molecule has 2 atom stereocenters. The molecule has 220 valence electrons. The monoisotopic (exact) mass is 580 g/mol. The highest BCUT2D eigenvalue weighted by Crippen LogP contribution is 2.37. The molecule has 2 saturated heterocycles. The number of halogens is 1. The van der Waals surface area contributed by atoms with Crippen molar-refractivity contribution < 1.29 is 14.3 Å². The lowest BCUT2D eigenvalue weighted by Gasteiger charge is -2.50. The zero-order valence-electron chi connectivity index (χ0n) is 24.1. The Morgan fingerprint density at radius 3 is 2.56 bits per heavy atom. The van der Waals surface area contributed by atoms with E-state index in [2.05, 4.69) is 25.0 Å². The lowest BCUT2D eigenvalue weighted by atomic mass is 9.95. The van der Waals surface area contributed by atoms with Crippen LogP contribution in [0.5, 0.6) is 0 Å². The molecule has 2 aliphatic carbocycles. The van der Waals surface area contributed by atoms with Crippen LogP contribution < -0.4 is 10.2 Å². The predicted octanol–water partition coefficient (Wildman–Crippen LogP) is 4.22. The quantitative estimate of drug-likeness (QED) is 0.464. The smallest absolute Gasteiger partial charge is 0.338 e. The molecular weight excluding hydrogens is 540 g/mol. The van der Waals surface area contributed by atoms with Crippen LogP contribution in [0.2, 0.25) is 5.02 Å². The number of anilines is 1. The molecule has 0 spiro atoms. The summed E-state index contributed by atoms with van der Waals surface area (Å²) in [6, 6.07) is 7.36. The van der Waals surface area contributed by atoms with E-state index in [0.717, 1.165) is 81.9 Å². The summed E-state index contributed by atoms with van der Waals surface area (Å²) in [5.41, 5.74) is 2.80. The van der Waals surface area contributed by atoms with E-state index >= 15 is 0 Å². The molecule has 6 rings (SSSR count). The number of piperidine rings is 1. The van der Waals surface area contributed by atoms with Gasteiger partial charge in [0.2, 0.25) is 0 Å². The maximum Gasteiger partial charge on any atom is 0.338 e. The Bertz CT molecular complexity index is 1280. The minimum atomic E-state index is -0.305. The van der Waals surface area contributed by atoms with E-state index in [1.165, 1.54) is 12.8 Å². The molecule has 4 aliphatic rings. The highest BCUT2D eigenvalue weighted by atomic mass is 35.5. The summed E-state index contributed by atoms with van der Waals surface area (Å²) in [5, 5.41) is 3.57. The molecule has 0 radical (unpaired) electrons. The van der Waals surface area contributed by atoms with Crippen molar-refractivity contribution in [3.63, 3.8) is 0 Å². The Kier molecular flexibility index (Phi) is 8.47. The first-order chi connectivity index (χ1) is 19.9. The van der Waals surface area contributed by atoms with Crippen molar-refractivity contribution in [3.8, 4) is 0 Å². The van der Waals surface area contributed by atoms with Gasteiger partial charge in [0.25, 0.3) is 5.91 Å². The van der Waals surface area contributed by atoms with Gasteiger partial charge < -0.3 is 15.0 Å². The van der Waals surface area contributed by atoms with Crippen molar-refractivity contribution in [1.29, 1.82) is 0 Å². The van der Waals surface area contributed by atoms with Crippen LogP contribution in [-0.2, 0) is 11.3 Å². The third-order valence-electron chi connectivity index (χ3n) is 9.19. The maximum atomic E-state index is 12.5. The molecule has 4 fully saturated rings. The van der Waals surface area contributed by atoms with E-state index in [9.17, 15) is 9.59 Å². The Morgan fingerprint density at radius 2 is 1.83 bits per heavy atom. The summed E-state index contributed by atoms with van der Waals surface area (Å²) >= 11 is 6.20. The summed E-state index contributed by atoms with van der Waals surface area (Å²) < 4.78 is 5.28. The number of aryl methyl sites for hydroxylation is 1. The third-order valence-corrected chi connectivity index (χ3v) is 9.43. The molecular formula is C31H41ClN6O3. The molecule has 10 heteroatoms. The van der Waals surface area contributed by atoms with Gasteiger partial charge in [0.1, 0.15) is 11.5 Å². The van der Waals surface area contributed by atoms with Crippen molar-refractivity contribution in [3.05, 3.63) is 51.9 Å². The maximum absolute atomic E-state index is 12.5. The van der Waals surface area contributed by atoms with Gasteiger partial charge >= 0.3 is 5.97 Å². The van der Waals surface area contributed by atoms with Gasteiger partial charge in [-0.3, -0.25) is 14.6 Å². The normalized spacial score (nSPS) is 23.8. The summed E-state index contributed by atoms with van der Waals surface area (Å²) in [6.07, 6.45) is 9.61. The molecule has 0 unspecified atom stereocenters. The first kappa shape index (κ1) is 28.4. The fourth-order valence-corrected chi connectivity index (χ4v) is 7.20. The van der Waals surface area contributed by atoms with E-state index in [4.69, 9.17) is 21.3 Å². The van der Waals surface area contributed by atoms with Crippen LogP contribution in [0.3, 0.4) is 0 Å². The van der Waals surface area contributed by atoms with Crippen LogP contribution in [0.15, 0.2) is 24.4 Å². The van der Waals surface area contributed by atoms with E-state index in [0.29, 0.717) is 47.1 Å². The van der Waals surface area contributed by atoms with Gasteiger partial charge in [-0.25, -0.2) is 14.8 Å². The standard InChI is InChI=1S/C31H41ClN6O3/c1-3-41-31(40)25-17-22(32)8-7-21(25)19-36-13-11-24(12-14-36)37-15-16-38(28-6-4-5-27(28)37)29-20(2)34-26(18-33-29)30(39)35-23-9-10-23/h7-8,17-18,23-24,27-28H,3-6,9-16,19H2,1-2H3,(H,35,39)/t27-,28+/m0/s1. The number of nitrogens with one attached hydrogen (secondary N) is 1. The van der Waals surface area contributed by atoms with Crippen molar-refractivity contribution in [2.75, 3.05) is 37.7 Å². The van der Waals surface area contributed by atoms with Gasteiger partial charge in [-0.1, -0.05) is 17.7 Å². The molecule has 2 aromatic rings. The van der Waals surface area contributed by atoms with Gasteiger partial charge in [-0.2, -0.15) is 0 Å². The van der Waals surface area contributed by atoms with Gasteiger partial charge in [0, 0.05) is 48.8 Å². The largest absolute Gasteiger partial charge is 0.462 e. The molecule has 0 bridgehead atoms. The van der Waals surface area contributed by atoms with E-state index < -0.39 is 0 Å². The molecule has 1 amide bonds. The van der Waals surface area contributed by atoms with Gasteiger partial charge in [-0.05, 0) is 89.6 Å². The molecule has 3 heterocycles. The number of likely N-dealkylation sites (tertiary alicyclic amines) is 1. The Hall–Kier alpha value is -2.75. The number of benzene rings is 1. The minimum Gasteiger partial charge on any atom is -0.462 e. The number of ether oxygens (including phenoxy) is 1. The van der Waals surface area contributed by atoms with Crippen LogP contribution >= 0.6 is 11.6 Å². The van der Waals surface area contributed by atoms with E-state index in [1.807, 2.05) is 26.0 Å². The summed E-state index contributed by atoms with van der Waals surface area (Å²) in [7, 11) is 0. The highest BCUT2D eigenvalue weighted by Gasteiger charge is 2.43. The van der Waals surface area contributed by atoms with E-state index in [1.54, 1.807) is 12.3 Å². The van der Waals surface area contributed by atoms with Crippen LogP contribution in [0, 0.1) is 6.92 Å². The average molecular weight is 581 g/mol. The fourth-order valence-electron chi connectivity index (χ4n) is 7.03. The summed E-state index contributed by atoms with van der Waals surface area (Å²) in [6.45, 7) is 8.83. The third kappa shape index (κ3) is 6.22. The number of amides is 1. The topological polar surface area (TPSA) is 90.9 Å². The second kappa shape index (κ2) is 12.2. The molecule has 1 N–H and O–H groups in total. The summed E-state index contributed by atoms with van der Waals surface area (Å²) in [4.78, 5) is 42.1. The number of piperazine rings is 1. The lowest BCUT2D eigenvalue weighted by molar-refractivity contribution is 0.0502. The number of carbonyl (C=O) groups excluding carboxylic acids is 2. The van der Waals surface area contributed by atoms with Crippen LogP contribution in [0.4, 0.5) is 5.82 Å². The number of rotatable bonds is 8. The molecule has 1 aromatic carbocycles. The zero-order chi connectivity index (χ0) is 28.5. The van der Waals surface area contributed by atoms with Crippen LogP contribution in [0.1, 0.15) is 84.0 Å². The van der Waals surface area contributed by atoms with Crippen molar-refractivity contribution in [2.24, 2.45) is 0 Å². The second-order valence-corrected chi connectivity index (χ2v) is 12.4. The number of carbonyl (C=O) groups is 2. The fraction of sp³-hybridized carbons (Fsp3) is 0.613. The number of aromatic nitrogens is 2. The highest BCUT2D eigenvalue weighted by molar-refractivity contribution is 6.31. The first-order valence-corrected chi connectivity index (χ1v) is 15.6. The molecule has 9 nitrogen and oxygen atoms in total. The predicted molar refractivity (Wildman–Crippen MR) is 158 cm³/mol. The van der Waals surface area contributed by atoms with Crippen molar-refractivity contribution in [2.45, 2.75) is 89.5 Å². The number of hydrogen-bond donors (Lipinski definition) is 1. The van der Waals surface area contributed by atoms with E-state index in [-0.39, 0.29) is 11.9 Å². The van der Waals surface area contributed by atoms with Crippen molar-refractivity contribution in [1.82, 2.24) is 25.1 Å². The number of esters is 1. The van der Waals surface area contributed by atoms with Crippen LogP contribution in [0.25, 0.3) is 0 Å².